The van der Waals surface area contributed by atoms with Gasteiger partial charge in [0, 0.05) is 10.0 Å². The van der Waals surface area contributed by atoms with Gasteiger partial charge in [-0.1, -0.05) is 34.1 Å². The van der Waals surface area contributed by atoms with Crippen LogP contribution >= 0.6 is 15.9 Å². The van der Waals surface area contributed by atoms with Gasteiger partial charge in [0.1, 0.15) is 0 Å². The lowest BCUT2D eigenvalue weighted by atomic mass is 10.0. The minimum absolute atomic E-state index is 0.00885. The second-order valence-electron chi connectivity index (χ2n) is 5.05. The van der Waals surface area contributed by atoms with Gasteiger partial charge in [0.25, 0.3) is 5.91 Å². The van der Waals surface area contributed by atoms with Crippen molar-refractivity contribution in [2.24, 2.45) is 0 Å². The van der Waals surface area contributed by atoms with Crippen LogP contribution in [0.4, 0.5) is 0 Å². The molecule has 1 atom stereocenters. The molecular formula is C17H18BrNO. The average molecular weight is 332 g/mol. The molecule has 2 aromatic carbocycles. The van der Waals surface area contributed by atoms with Crippen LogP contribution in [0.25, 0.3) is 0 Å². The van der Waals surface area contributed by atoms with E-state index in [9.17, 15) is 4.79 Å². The van der Waals surface area contributed by atoms with E-state index in [1.54, 1.807) is 0 Å². The summed E-state index contributed by atoms with van der Waals surface area (Å²) in [5.41, 5.74) is 4.30. The van der Waals surface area contributed by atoms with Gasteiger partial charge >= 0.3 is 0 Å². The third kappa shape index (κ3) is 3.48. The Morgan fingerprint density at radius 1 is 1.05 bits per heavy atom. The van der Waals surface area contributed by atoms with E-state index in [4.69, 9.17) is 0 Å². The van der Waals surface area contributed by atoms with Crippen LogP contribution in [0.15, 0.2) is 46.9 Å². The van der Waals surface area contributed by atoms with Crippen molar-refractivity contribution in [3.05, 3.63) is 69.2 Å². The summed E-state index contributed by atoms with van der Waals surface area (Å²) < 4.78 is 0.969. The second kappa shape index (κ2) is 6.23. The molecule has 104 valence electrons. The van der Waals surface area contributed by atoms with Crippen LogP contribution in [0.3, 0.4) is 0 Å². The molecule has 0 spiro atoms. The van der Waals surface area contributed by atoms with Crippen molar-refractivity contribution in [2.75, 3.05) is 0 Å². The Balaban J connectivity index is 2.10. The van der Waals surface area contributed by atoms with Crippen molar-refractivity contribution in [1.82, 2.24) is 5.32 Å². The summed E-state index contributed by atoms with van der Waals surface area (Å²) in [5.74, 6) is -0.0526. The summed E-state index contributed by atoms with van der Waals surface area (Å²) in [6, 6.07) is 13.6. The van der Waals surface area contributed by atoms with E-state index in [0.717, 1.165) is 10.0 Å². The van der Waals surface area contributed by atoms with Crippen molar-refractivity contribution in [3.63, 3.8) is 0 Å². The van der Waals surface area contributed by atoms with Crippen LogP contribution < -0.4 is 5.32 Å². The van der Waals surface area contributed by atoms with Crippen LogP contribution in [0.2, 0.25) is 0 Å². The Kier molecular flexibility index (Phi) is 4.61. The van der Waals surface area contributed by atoms with Crippen LogP contribution in [-0.2, 0) is 0 Å². The third-order valence-electron chi connectivity index (χ3n) is 3.48. The number of rotatable bonds is 3. The van der Waals surface area contributed by atoms with E-state index in [0.29, 0.717) is 5.56 Å². The number of carbonyl (C=O) groups is 1. The number of carbonyl (C=O) groups excluding carboxylic acids is 1. The minimum Gasteiger partial charge on any atom is -0.346 e. The maximum Gasteiger partial charge on any atom is 0.251 e. The Morgan fingerprint density at radius 3 is 2.30 bits per heavy atom. The summed E-state index contributed by atoms with van der Waals surface area (Å²) in [6.45, 7) is 6.17. The Labute approximate surface area is 128 Å². The quantitative estimate of drug-likeness (QED) is 0.877. The fourth-order valence-corrected chi connectivity index (χ4v) is 2.26. The van der Waals surface area contributed by atoms with E-state index >= 15 is 0 Å². The van der Waals surface area contributed by atoms with Gasteiger partial charge in [-0.3, -0.25) is 4.79 Å². The molecule has 0 radical (unpaired) electrons. The molecular weight excluding hydrogens is 314 g/mol. The van der Waals surface area contributed by atoms with Gasteiger partial charge in [0.05, 0.1) is 6.04 Å². The van der Waals surface area contributed by atoms with Crippen LogP contribution in [-0.4, -0.2) is 5.91 Å². The number of hydrogen-bond donors (Lipinski definition) is 1. The molecule has 0 saturated carbocycles. The Morgan fingerprint density at radius 2 is 1.70 bits per heavy atom. The van der Waals surface area contributed by atoms with Gasteiger partial charge < -0.3 is 5.32 Å². The first-order valence-corrected chi connectivity index (χ1v) is 7.40. The average Bonchev–Trinajstić information content (AvgIpc) is 2.42. The number of hydrogen-bond acceptors (Lipinski definition) is 1. The van der Waals surface area contributed by atoms with Gasteiger partial charge in [0.15, 0.2) is 0 Å². The van der Waals surface area contributed by atoms with E-state index in [2.05, 4.69) is 53.3 Å². The summed E-state index contributed by atoms with van der Waals surface area (Å²) >= 11 is 3.37. The molecule has 0 saturated heterocycles. The normalized spacial score (nSPS) is 12.0. The van der Waals surface area contributed by atoms with Gasteiger partial charge in [-0.25, -0.2) is 0 Å². The van der Waals surface area contributed by atoms with E-state index < -0.39 is 0 Å². The van der Waals surface area contributed by atoms with Gasteiger partial charge in [-0.05, 0) is 61.7 Å². The molecule has 3 heteroatoms. The Bertz CT molecular complexity index is 619. The van der Waals surface area contributed by atoms with Gasteiger partial charge in [-0.15, -0.1) is 0 Å². The second-order valence-corrected chi connectivity index (χ2v) is 5.96. The van der Waals surface area contributed by atoms with Crippen LogP contribution in [0.5, 0.6) is 0 Å². The van der Waals surface area contributed by atoms with E-state index in [1.807, 2.05) is 31.2 Å². The lowest BCUT2D eigenvalue weighted by molar-refractivity contribution is 0.0940. The third-order valence-corrected chi connectivity index (χ3v) is 4.01. The van der Waals surface area contributed by atoms with Crippen molar-refractivity contribution >= 4 is 21.8 Å². The highest BCUT2D eigenvalue weighted by atomic mass is 79.9. The first-order chi connectivity index (χ1) is 9.47. The number of nitrogens with one attached hydrogen (secondary N) is 1. The van der Waals surface area contributed by atoms with Crippen LogP contribution in [0.1, 0.15) is 40.0 Å². The highest BCUT2D eigenvalue weighted by Gasteiger charge is 2.11. The van der Waals surface area contributed by atoms with Crippen molar-refractivity contribution in [3.8, 4) is 0 Å². The smallest absolute Gasteiger partial charge is 0.251 e. The largest absolute Gasteiger partial charge is 0.346 e. The lowest BCUT2D eigenvalue weighted by Gasteiger charge is -2.16. The molecule has 0 aliphatic heterocycles. The summed E-state index contributed by atoms with van der Waals surface area (Å²) in [7, 11) is 0. The molecule has 0 aromatic heterocycles. The summed E-state index contributed by atoms with van der Waals surface area (Å²) in [6.07, 6.45) is 0. The lowest BCUT2D eigenvalue weighted by Crippen LogP contribution is -2.26. The topological polar surface area (TPSA) is 29.1 Å². The maximum atomic E-state index is 12.2. The van der Waals surface area contributed by atoms with Gasteiger partial charge in [-0.2, -0.15) is 0 Å². The zero-order chi connectivity index (χ0) is 14.7. The highest BCUT2D eigenvalue weighted by Crippen LogP contribution is 2.18. The molecule has 2 nitrogen and oxygen atoms in total. The molecule has 1 N–H and O–H groups in total. The molecule has 0 heterocycles. The summed E-state index contributed by atoms with van der Waals surface area (Å²) in [5, 5.41) is 3.02. The number of benzene rings is 2. The maximum absolute atomic E-state index is 12.2. The molecule has 0 aliphatic carbocycles. The molecule has 0 unspecified atom stereocenters. The van der Waals surface area contributed by atoms with Crippen LogP contribution in [0, 0.1) is 13.8 Å². The predicted octanol–water partition coefficient (Wildman–Crippen LogP) is 4.56. The standard InChI is InChI=1S/C17H18BrNO/c1-11-4-5-15(10-12(11)2)13(3)19-17(20)14-6-8-16(18)9-7-14/h4-10,13H,1-3H3,(H,19,20)/t13-/m0/s1. The van der Waals surface area contributed by atoms with E-state index in [1.165, 1.54) is 11.1 Å². The number of halogens is 1. The minimum atomic E-state index is -0.0526. The fourth-order valence-electron chi connectivity index (χ4n) is 2.00. The van der Waals surface area contributed by atoms with Crippen molar-refractivity contribution in [1.29, 1.82) is 0 Å². The Hall–Kier alpha value is -1.61. The summed E-state index contributed by atoms with van der Waals surface area (Å²) in [4.78, 5) is 12.2. The zero-order valence-electron chi connectivity index (χ0n) is 11.9. The molecule has 0 bridgehead atoms. The molecule has 0 aliphatic rings. The SMILES string of the molecule is Cc1ccc([C@H](C)NC(=O)c2ccc(Br)cc2)cc1C. The number of aryl methyl sites for hydroxylation is 2. The first kappa shape index (κ1) is 14.8. The van der Waals surface area contributed by atoms with Crippen molar-refractivity contribution < 1.29 is 4.79 Å². The molecule has 0 fully saturated rings. The number of amides is 1. The highest BCUT2D eigenvalue weighted by molar-refractivity contribution is 9.10. The molecule has 2 aromatic rings. The monoisotopic (exact) mass is 331 g/mol. The van der Waals surface area contributed by atoms with Crippen molar-refractivity contribution in [2.45, 2.75) is 26.8 Å². The predicted molar refractivity (Wildman–Crippen MR) is 85.9 cm³/mol. The fraction of sp³-hybridized carbons (Fsp3) is 0.235. The van der Waals surface area contributed by atoms with Gasteiger partial charge in [0.2, 0.25) is 0 Å². The first-order valence-electron chi connectivity index (χ1n) is 6.61. The van der Waals surface area contributed by atoms with E-state index in [-0.39, 0.29) is 11.9 Å². The molecule has 20 heavy (non-hydrogen) atoms. The molecule has 1 amide bonds. The zero-order valence-corrected chi connectivity index (χ0v) is 13.5. The molecule has 2 rings (SSSR count).